The van der Waals surface area contributed by atoms with Crippen molar-refractivity contribution in [2.24, 2.45) is 0 Å². The topological polar surface area (TPSA) is 72.9 Å². The molecule has 2 aromatic carbocycles. The molecule has 0 saturated heterocycles. The van der Waals surface area contributed by atoms with Gasteiger partial charge >= 0.3 is 11.9 Å². The first-order valence-electron chi connectivity index (χ1n) is 12.8. The van der Waals surface area contributed by atoms with E-state index in [4.69, 9.17) is 9.47 Å². The highest BCUT2D eigenvalue weighted by Crippen LogP contribution is 2.66. The zero-order valence-electron chi connectivity index (χ0n) is 22.2. The maximum Gasteiger partial charge on any atom is 0.345 e. The second-order valence-electron chi connectivity index (χ2n) is 9.59. The summed E-state index contributed by atoms with van der Waals surface area (Å²) in [6.07, 6.45) is 2.15. The number of hydrogen-bond acceptors (Lipinski definition) is 8. The van der Waals surface area contributed by atoms with Crippen LogP contribution in [0.15, 0.2) is 80.8 Å². The van der Waals surface area contributed by atoms with Crippen LogP contribution in [0.4, 0.5) is 5.69 Å². The number of hydrogen-bond donors (Lipinski definition) is 0. The van der Waals surface area contributed by atoms with E-state index in [9.17, 15) is 14.4 Å². The average molecular weight is 580 g/mol. The number of amides is 1. The number of para-hydroxylation sites is 1. The fraction of sp³-hybridized carbons (Fsp3) is 0.300. The molecule has 1 spiro atoms. The van der Waals surface area contributed by atoms with Crippen molar-refractivity contribution in [1.29, 1.82) is 0 Å². The molecule has 0 aromatic heterocycles. The third-order valence-corrected chi connectivity index (χ3v) is 10.9. The lowest BCUT2D eigenvalue weighted by Crippen LogP contribution is -2.53. The number of anilines is 1. The highest BCUT2D eigenvalue weighted by atomic mass is 32.2. The maximum absolute atomic E-state index is 14.0. The van der Waals surface area contributed by atoms with Crippen molar-refractivity contribution in [3.63, 3.8) is 0 Å². The summed E-state index contributed by atoms with van der Waals surface area (Å²) in [5.74, 6) is -0.846. The molecule has 39 heavy (non-hydrogen) atoms. The summed E-state index contributed by atoms with van der Waals surface area (Å²) in [6.45, 7) is 8.10. The van der Waals surface area contributed by atoms with Crippen LogP contribution in [-0.2, 0) is 30.3 Å². The molecule has 0 aliphatic carbocycles. The van der Waals surface area contributed by atoms with Crippen molar-refractivity contribution < 1.29 is 23.9 Å². The van der Waals surface area contributed by atoms with Gasteiger partial charge in [0, 0.05) is 16.0 Å². The minimum atomic E-state index is -0.799. The Morgan fingerprint density at radius 2 is 1.51 bits per heavy atom. The molecule has 1 atom stereocenters. The number of benzene rings is 2. The highest BCUT2D eigenvalue weighted by Gasteiger charge is 2.53. The van der Waals surface area contributed by atoms with E-state index in [1.807, 2.05) is 84.8 Å². The molecule has 3 aliphatic rings. The second-order valence-corrected chi connectivity index (χ2v) is 13.3. The van der Waals surface area contributed by atoms with Crippen LogP contribution in [0.5, 0.6) is 0 Å². The van der Waals surface area contributed by atoms with Crippen molar-refractivity contribution in [3.05, 3.63) is 91.9 Å². The Kier molecular flexibility index (Phi) is 7.77. The molecule has 0 bridgehead atoms. The molecule has 5 rings (SSSR count). The van der Waals surface area contributed by atoms with Gasteiger partial charge < -0.3 is 14.4 Å². The first kappa shape index (κ1) is 27.7. The molecule has 9 heteroatoms. The molecule has 0 fully saturated rings. The van der Waals surface area contributed by atoms with E-state index in [1.54, 1.807) is 13.8 Å². The molecule has 0 N–H and O–H groups in total. The molecule has 202 valence electrons. The number of esters is 2. The van der Waals surface area contributed by atoms with Gasteiger partial charge in [-0.1, -0.05) is 72.1 Å². The normalized spacial score (nSPS) is 21.1. The van der Waals surface area contributed by atoms with E-state index in [1.165, 1.54) is 35.3 Å². The van der Waals surface area contributed by atoms with Crippen LogP contribution >= 0.6 is 35.3 Å². The van der Waals surface area contributed by atoms with E-state index in [0.717, 1.165) is 27.3 Å². The predicted molar refractivity (Wildman–Crippen MR) is 160 cm³/mol. The summed E-state index contributed by atoms with van der Waals surface area (Å²) in [7, 11) is 0. The monoisotopic (exact) mass is 579 g/mol. The Morgan fingerprint density at radius 3 is 2.21 bits per heavy atom. The Labute approximate surface area is 241 Å². The van der Waals surface area contributed by atoms with Crippen molar-refractivity contribution in [1.82, 2.24) is 0 Å². The van der Waals surface area contributed by atoms with E-state index >= 15 is 0 Å². The third kappa shape index (κ3) is 4.96. The Bertz CT molecular complexity index is 1430. The van der Waals surface area contributed by atoms with Crippen LogP contribution in [0, 0.1) is 0 Å². The molecular weight excluding hydrogens is 551 g/mol. The number of carbonyl (C=O) groups is 3. The second kappa shape index (κ2) is 10.9. The molecule has 6 nitrogen and oxygen atoms in total. The summed E-state index contributed by atoms with van der Waals surface area (Å²) in [5.41, 5.74) is 2.84. The third-order valence-electron chi connectivity index (χ3n) is 6.64. The van der Waals surface area contributed by atoms with Gasteiger partial charge in [-0.05, 0) is 50.8 Å². The van der Waals surface area contributed by atoms with Crippen LogP contribution < -0.4 is 4.90 Å². The summed E-state index contributed by atoms with van der Waals surface area (Å²) < 4.78 is 9.91. The van der Waals surface area contributed by atoms with E-state index < -0.39 is 15.6 Å². The van der Waals surface area contributed by atoms with E-state index in [-0.39, 0.29) is 31.5 Å². The minimum absolute atomic E-state index is 0.0378. The van der Waals surface area contributed by atoms with Gasteiger partial charge in [0.05, 0.1) is 35.8 Å². The van der Waals surface area contributed by atoms with E-state index in [2.05, 4.69) is 0 Å². The number of thioether (sulfide) groups is 3. The van der Waals surface area contributed by atoms with Gasteiger partial charge in [-0.25, -0.2) is 9.59 Å². The summed E-state index contributed by atoms with van der Waals surface area (Å²) in [5, 5.41) is 1.81. The van der Waals surface area contributed by atoms with Crippen LogP contribution in [0.3, 0.4) is 0 Å². The molecule has 3 heterocycles. The Balaban J connectivity index is 1.65. The van der Waals surface area contributed by atoms with Gasteiger partial charge in [-0.15, -0.1) is 11.8 Å². The Hall–Kier alpha value is -2.88. The molecule has 0 unspecified atom stereocenters. The van der Waals surface area contributed by atoms with E-state index in [0.29, 0.717) is 9.81 Å². The number of fused-ring (bicyclic) bond motifs is 3. The molecule has 0 radical (unpaired) electrons. The fourth-order valence-corrected chi connectivity index (χ4v) is 9.42. The number of carbonyl (C=O) groups excluding carboxylic acids is 3. The number of ether oxygens (including phenoxy) is 2. The summed E-state index contributed by atoms with van der Waals surface area (Å²) in [4.78, 5) is 43.5. The van der Waals surface area contributed by atoms with Crippen molar-refractivity contribution in [2.75, 3.05) is 18.1 Å². The van der Waals surface area contributed by atoms with Crippen LogP contribution in [0.2, 0.25) is 0 Å². The minimum Gasteiger partial charge on any atom is -0.462 e. The van der Waals surface area contributed by atoms with Crippen LogP contribution in [0.1, 0.15) is 38.8 Å². The van der Waals surface area contributed by atoms with Gasteiger partial charge in [-0.3, -0.25) is 4.79 Å². The first-order chi connectivity index (χ1) is 18.7. The smallest absolute Gasteiger partial charge is 0.345 e. The maximum atomic E-state index is 14.0. The zero-order chi connectivity index (χ0) is 27.8. The first-order valence-corrected chi connectivity index (χ1v) is 15.3. The number of nitrogens with zero attached hydrogens (tertiary/aromatic N) is 1. The quantitative estimate of drug-likeness (QED) is 0.357. The molecule has 2 aromatic rings. The SMILES string of the molecule is CCOC(=O)C1=C[C@@]2(SC=C(C(=O)OCC)S2)C2=C(S1)C(C)(C)N(C(=O)Cc1ccccc1)c1ccccc12. The standard InChI is InChI=1S/C30H29NO5S3/c1-5-35-27(33)22-17-30(37-18-23(39-30)28(34)36-6-2)25-20-14-10-11-15-21(20)31(29(3,4)26(25)38-22)24(32)16-19-12-8-7-9-13-19/h7-15,17-18H,5-6,16H2,1-4H3/t30-/m0/s1. The van der Waals surface area contributed by atoms with Gasteiger partial charge in [0.2, 0.25) is 5.91 Å². The van der Waals surface area contributed by atoms with Gasteiger partial charge in [-0.2, -0.15) is 0 Å². The lowest BCUT2D eigenvalue weighted by molar-refractivity contribution is -0.138. The summed E-state index contributed by atoms with van der Waals surface area (Å²) in [6, 6.07) is 17.6. The average Bonchev–Trinajstić information content (AvgIpc) is 3.33. The van der Waals surface area contributed by atoms with Gasteiger partial charge in [0.15, 0.2) is 0 Å². The molecular formula is C30H29NO5S3. The number of rotatable bonds is 6. The Morgan fingerprint density at radius 1 is 0.872 bits per heavy atom. The fourth-order valence-electron chi connectivity index (χ4n) is 5.03. The summed E-state index contributed by atoms with van der Waals surface area (Å²) >= 11 is 4.19. The molecule has 0 saturated carbocycles. The molecule has 3 aliphatic heterocycles. The van der Waals surface area contributed by atoms with Gasteiger partial charge in [0.25, 0.3) is 0 Å². The highest BCUT2D eigenvalue weighted by molar-refractivity contribution is 8.25. The predicted octanol–water partition coefficient (Wildman–Crippen LogP) is 6.54. The lowest BCUT2D eigenvalue weighted by atomic mass is 9.85. The largest absolute Gasteiger partial charge is 0.462 e. The zero-order valence-corrected chi connectivity index (χ0v) is 24.6. The van der Waals surface area contributed by atoms with Gasteiger partial charge in [0.1, 0.15) is 8.98 Å². The molecule has 1 amide bonds. The van der Waals surface area contributed by atoms with Crippen molar-refractivity contribution >= 4 is 64.4 Å². The van der Waals surface area contributed by atoms with Crippen LogP contribution in [0.25, 0.3) is 5.57 Å². The van der Waals surface area contributed by atoms with Crippen molar-refractivity contribution in [3.8, 4) is 0 Å². The van der Waals surface area contributed by atoms with Crippen molar-refractivity contribution in [2.45, 2.75) is 43.7 Å². The van der Waals surface area contributed by atoms with Crippen LogP contribution in [-0.4, -0.2) is 40.7 Å². The lowest BCUT2D eigenvalue weighted by Gasteiger charge is -2.49.